The van der Waals surface area contributed by atoms with E-state index in [1.807, 2.05) is 5.51 Å². The number of nitrogens with zero attached hydrogens (tertiary/aromatic N) is 1. The van der Waals surface area contributed by atoms with Crippen LogP contribution in [0.15, 0.2) is 10.9 Å². The summed E-state index contributed by atoms with van der Waals surface area (Å²) >= 11 is 1.63. The van der Waals surface area contributed by atoms with Gasteiger partial charge in [-0.2, -0.15) is 0 Å². The van der Waals surface area contributed by atoms with Crippen molar-refractivity contribution in [3.63, 3.8) is 0 Å². The monoisotopic (exact) mass is 240 g/mol. The molecule has 0 saturated heterocycles. The highest BCUT2D eigenvalue weighted by Gasteiger charge is 2.38. The minimum absolute atomic E-state index is 0.0459. The van der Waals surface area contributed by atoms with Crippen molar-refractivity contribution < 1.29 is 5.11 Å². The Kier molecular flexibility index (Phi) is 3.62. The molecule has 0 aliphatic heterocycles. The lowest BCUT2D eigenvalue weighted by Gasteiger charge is -2.32. The average Bonchev–Trinajstić information content (AvgIpc) is 2.89. The van der Waals surface area contributed by atoms with Crippen LogP contribution in [0.4, 0.5) is 0 Å². The van der Waals surface area contributed by atoms with Crippen LogP contribution in [0.25, 0.3) is 0 Å². The van der Waals surface area contributed by atoms with Crippen molar-refractivity contribution in [3.8, 4) is 0 Å². The molecule has 0 aromatic carbocycles. The molecule has 3 unspecified atom stereocenters. The number of thiazole rings is 1. The second kappa shape index (κ2) is 4.82. The number of hydrogen-bond acceptors (Lipinski definition) is 4. The third kappa shape index (κ3) is 2.29. The number of aliphatic hydroxyl groups excluding tert-OH is 1. The molecule has 2 rings (SSSR count). The number of aliphatic hydroxyl groups is 1. The van der Waals surface area contributed by atoms with Crippen molar-refractivity contribution in [3.05, 3.63) is 16.6 Å². The van der Waals surface area contributed by atoms with Crippen LogP contribution >= 0.6 is 11.3 Å². The Labute approximate surface area is 101 Å². The van der Waals surface area contributed by atoms with Crippen molar-refractivity contribution in [1.82, 2.24) is 10.3 Å². The smallest absolute Gasteiger partial charge is 0.0795 e. The van der Waals surface area contributed by atoms with Gasteiger partial charge in [-0.3, -0.25) is 0 Å². The van der Waals surface area contributed by atoms with E-state index in [-0.39, 0.29) is 18.1 Å². The van der Waals surface area contributed by atoms with Crippen LogP contribution in [0.3, 0.4) is 0 Å². The first-order valence-electron chi connectivity index (χ1n) is 5.91. The molecule has 4 heteroatoms. The molecule has 1 aliphatic rings. The zero-order valence-corrected chi connectivity index (χ0v) is 10.8. The Bertz CT molecular complexity index is 328. The van der Waals surface area contributed by atoms with Gasteiger partial charge in [0.1, 0.15) is 0 Å². The van der Waals surface area contributed by atoms with Crippen molar-refractivity contribution in [1.29, 1.82) is 0 Å². The maximum atomic E-state index is 9.49. The van der Waals surface area contributed by atoms with Gasteiger partial charge >= 0.3 is 0 Å². The lowest BCUT2D eigenvalue weighted by molar-refractivity contribution is 0.114. The van der Waals surface area contributed by atoms with Crippen LogP contribution in [0, 0.1) is 5.41 Å². The molecule has 3 atom stereocenters. The maximum absolute atomic E-state index is 9.49. The fourth-order valence-electron chi connectivity index (χ4n) is 2.53. The van der Waals surface area contributed by atoms with E-state index in [1.54, 1.807) is 11.3 Å². The van der Waals surface area contributed by atoms with Gasteiger partial charge in [0.05, 0.1) is 11.2 Å². The Morgan fingerprint density at radius 2 is 2.56 bits per heavy atom. The van der Waals surface area contributed by atoms with Crippen molar-refractivity contribution in [2.45, 2.75) is 45.2 Å². The van der Waals surface area contributed by atoms with E-state index in [1.165, 1.54) is 6.42 Å². The summed E-state index contributed by atoms with van der Waals surface area (Å²) < 4.78 is 0. The number of hydrogen-bond donors (Lipinski definition) is 2. The van der Waals surface area contributed by atoms with Crippen LogP contribution in [-0.2, 0) is 0 Å². The molecule has 0 bridgehead atoms. The van der Waals surface area contributed by atoms with Gasteiger partial charge in [-0.1, -0.05) is 13.3 Å². The Hall–Kier alpha value is -0.450. The predicted molar refractivity (Wildman–Crippen MR) is 66.5 cm³/mol. The standard InChI is InChI=1S/C12H20N2OS/c1-9(10-6-16-8-13-10)14-11-4-3-5-12(11,2)7-15/h6,8-9,11,14-15H,3-5,7H2,1-2H3. The summed E-state index contributed by atoms with van der Waals surface area (Å²) in [4.78, 5) is 4.33. The van der Waals surface area contributed by atoms with Gasteiger partial charge < -0.3 is 10.4 Å². The molecule has 1 saturated carbocycles. The fraction of sp³-hybridized carbons (Fsp3) is 0.750. The predicted octanol–water partition coefficient (Wildman–Crippen LogP) is 2.34. The lowest BCUT2D eigenvalue weighted by atomic mass is 9.85. The first kappa shape index (κ1) is 12.0. The molecular formula is C12H20N2OS. The van der Waals surface area contributed by atoms with Gasteiger partial charge in [0.25, 0.3) is 0 Å². The minimum atomic E-state index is 0.0459. The van der Waals surface area contributed by atoms with Crippen LogP contribution in [-0.4, -0.2) is 22.7 Å². The van der Waals surface area contributed by atoms with Gasteiger partial charge in [-0.25, -0.2) is 4.98 Å². The van der Waals surface area contributed by atoms with Crippen LogP contribution in [0.2, 0.25) is 0 Å². The van der Waals surface area contributed by atoms with Crippen LogP contribution in [0.5, 0.6) is 0 Å². The van der Waals surface area contributed by atoms with Gasteiger partial charge in [0, 0.05) is 29.5 Å². The highest BCUT2D eigenvalue weighted by molar-refractivity contribution is 7.07. The molecule has 0 spiro atoms. The molecule has 1 fully saturated rings. The number of aromatic nitrogens is 1. The van der Waals surface area contributed by atoms with E-state index in [9.17, 15) is 5.11 Å². The second-order valence-corrected chi connectivity index (χ2v) is 5.78. The van der Waals surface area contributed by atoms with Crippen molar-refractivity contribution >= 4 is 11.3 Å². The second-order valence-electron chi connectivity index (χ2n) is 5.06. The molecule has 1 aliphatic carbocycles. The average molecular weight is 240 g/mol. The summed E-state index contributed by atoms with van der Waals surface area (Å²) in [7, 11) is 0. The van der Waals surface area contributed by atoms with E-state index in [2.05, 4.69) is 29.5 Å². The Morgan fingerprint density at radius 3 is 3.19 bits per heavy atom. The molecular weight excluding hydrogens is 220 g/mol. The van der Waals surface area contributed by atoms with Gasteiger partial charge in [0.2, 0.25) is 0 Å². The van der Waals surface area contributed by atoms with Gasteiger partial charge in [-0.05, 0) is 19.8 Å². The van der Waals surface area contributed by atoms with Crippen molar-refractivity contribution in [2.75, 3.05) is 6.61 Å². The van der Waals surface area contributed by atoms with E-state index < -0.39 is 0 Å². The van der Waals surface area contributed by atoms with Crippen molar-refractivity contribution in [2.24, 2.45) is 5.41 Å². The molecule has 1 aromatic heterocycles. The lowest BCUT2D eigenvalue weighted by Crippen LogP contribution is -2.42. The summed E-state index contributed by atoms with van der Waals surface area (Å²) in [5.74, 6) is 0. The summed E-state index contributed by atoms with van der Waals surface area (Å²) in [6.07, 6.45) is 3.48. The molecule has 3 nitrogen and oxygen atoms in total. The Balaban J connectivity index is 1.99. The van der Waals surface area contributed by atoms with E-state index in [0.717, 1.165) is 18.5 Å². The molecule has 2 N–H and O–H groups in total. The molecule has 16 heavy (non-hydrogen) atoms. The summed E-state index contributed by atoms with van der Waals surface area (Å²) in [6.45, 7) is 4.59. The molecule has 0 radical (unpaired) electrons. The SMILES string of the molecule is CC(NC1CCCC1(C)CO)c1cscn1. The highest BCUT2D eigenvalue weighted by atomic mass is 32.1. The minimum Gasteiger partial charge on any atom is -0.396 e. The third-order valence-corrected chi connectivity index (χ3v) is 4.39. The maximum Gasteiger partial charge on any atom is 0.0795 e. The first-order valence-corrected chi connectivity index (χ1v) is 6.85. The summed E-state index contributed by atoms with van der Waals surface area (Å²) in [6, 6.07) is 0.689. The third-order valence-electron chi connectivity index (χ3n) is 3.79. The molecule has 90 valence electrons. The van der Waals surface area contributed by atoms with Gasteiger partial charge in [0.15, 0.2) is 0 Å². The number of nitrogens with one attached hydrogen (secondary N) is 1. The van der Waals surface area contributed by atoms with Crippen LogP contribution < -0.4 is 5.32 Å². The summed E-state index contributed by atoms with van der Waals surface area (Å²) in [5.41, 5.74) is 3.02. The van der Waals surface area contributed by atoms with Crippen LogP contribution in [0.1, 0.15) is 44.8 Å². The first-order chi connectivity index (χ1) is 7.65. The normalized spacial score (nSPS) is 31.8. The summed E-state index contributed by atoms with van der Waals surface area (Å²) in [5, 5.41) is 15.2. The largest absolute Gasteiger partial charge is 0.396 e. The van der Waals surface area contributed by atoms with Gasteiger partial charge in [-0.15, -0.1) is 11.3 Å². The number of rotatable bonds is 4. The zero-order chi connectivity index (χ0) is 11.6. The quantitative estimate of drug-likeness (QED) is 0.849. The molecule has 0 amide bonds. The van der Waals surface area contributed by atoms with E-state index >= 15 is 0 Å². The van der Waals surface area contributed by atoms with E-state index in [0.29, 0.717) is 6.04 Å². The highest BCUT2D eigenvalue weighted by Crippen LogP contribution is 2.38. The zero-order valence-electron chi connectivity index (χ0n) is 9.94. The van der Waals surface area contributed by atoms with E-state index in [4.69, 9.17) is 0 Å². The topological polar surface area (TPSA) is 45.1 Å². The fourth-order valence-corrected chi connectivity index (χ4v) is 3.18. The molecule has 1 aromatic rings. The molecule has 1 heterocycles. The Morgan fingerprint density at radius 1 is 1.75 bits per heavy atom.